The Morgan fingerprint density at radius 3 is 2.65 bits per heavy atom. The fraction of sp³-hybridized carbons (Fsp3) is 0.591. The quantitative estimate of drug-likeness (QED) is 0.627. The first kappa shape index (κ1) is 23.0. The lowest BCUT2D eigenvalue weighted by Gasteiger charge is -2.54. The van der Waals surface area contributed by atoms with Gasteiger partial charge in [-0.15, -0.1) is 0 Å². The van der Waals surface area contributed by atoms with Gasteiger partial charge < -0.3 is 19.9 Å². The first-order valence-corrected chi connectivity index (χ1v) is 10.9. The van der Waals surface area contributed by atoms with Gasteiger partial charge in [-0.25, -0.2) is 14.8 Å². The fourth-order valence-electron chi connectivity index (χ4n) is 4.31. The molecule has 1 N–H and O–H groups in total. The normalized spacial score (nSPS) is 22.0. The number of nitrogens with one attached hydrogen (secondary N) is 1. The molecule has 0 spiro atoms. The highest BCUT2D eigenvalue weighted by Crippen LogP contribution is 2.28. The number of fused-ring (bicyclic) bond motifs is 1. The van der Waals surface area contributed by atoms with Crippen LogP contribution in [0.3, 0.4) is 0 Å². The number of hydrazine groups is 1. The lowest BCUT2D eigenvalue weighted by atomic mass is 10.0. The molecule has 31 heavy (non-hydrogen) atoms. The molecule has 0 aliphatic carbocycles. The van der Waals surface area contributed by atoms with Crippen LogP contribution in [0.1, 0.15) is 31.7 Å². The Hall–Kier alpha value is -2.65. The molecule has 2 aliphatic rings. The summed E-state index contributed by atoms with van der Waals surface area (Å²) in [5.41, 5.74) is 0.993. The molecule has 9 heteroatoms. The second-order valence-electron chi connectivity index (χ2n) is 8.02. The van der Waals surface area contributed by atoms with Crippen LogP contribution in [0.25, 0.3) is 0 Å². The van der Waals surface area contributed by atoms with Gasteiger partial charge in [0.05, 0.1) is 13.1 Å². The zero-order valence-electron chi connectivity index (χ0n) is 18.6. The van der Waals surface area contributed by atoms with Gasteiger partial charge >= 0.3 is 6.03 Å². The van der Waals surface area contributed by atoms with Crippen LogP contribution < -0.4 is 5.32 Å². The molecular formula is C22H33N5O4. The molecule has 1 unspecified atom stereocenters. The van der Waals surface area contributed by atoms with Crippen molar-refractivity contribution in [1.82, 2.24) is 25.1 Å². The topological polar surface area (TPSA) is 85.4 Å². The smallest absolute Gasteiger partial charge is 0.334 e. The predicted octanol–water partition coefficient (Wildman–Crippen LogP) is 1.26. The van der Waals surface area contributed by atoms with E-state index in [1.807, 2.05) is 37.3 Å². The van der Waals surface area contributed by atoms with Crippen LogP contribution in [0.2, 0.25) is 0 Å². The van der Waals surface area contributed by atoms with Gasteiger partial charge in [-0.3, -0.25) is 9.59 Å². The van der Waals surface area contributed by atoms with Crippen molar-refractivity contribution in [3.05, 3.63) is 35.9 Å². The van der Waals surface area contributed by atoms with Crippen LogP contribution in [0.5, 0.6) is 0 Å². The third-order valence-corrected chi connectivity index (χ3v) is 5.77. The maximum absolute atomic E-state index is 13.2. The number of hydrogen-bond acceptors (Lipinski definition) is 5. The minimum absolute atomic E-state index is 0.0447. The largest absolute Gasteiger partial charge is 0.385 e. The number of piperazine rings is 1. The second-order valence-corrected chi connectivity index (χ2v) is 8.02. The van der Waals surface area contributed by atoms with Crippen LogP contribution >= 0.6 is 0 Å². The summed E-state index contributed by atoms with van der Waals surface area (Å²) in [4.78, 5) is 42.6. The van der Waals surface area contributed by atoms with Crippen LogP contribution in [-0.2, 0) is 20.9 Å². The fourth-order valence-corrected chi connectivity index (χ4v) is 4.31. The van der Waals surface area contributed by atoms with Crippen LogP contribution in [0.15, 0.2) is 30.3 Å². The molecule has 3 rings (SSSR count). The molecule has 0 bridgehead atoms. The van der Waals surface area contributed by atoms with Crippen molar-refractivity contribution in [2.24, 2.45) is 0 Å². The third kappa shape index (κ3) is 5.16. The molecule has 2 aliphatic heterocycles. The Bertz CT molecular complexity index is 774. The number of likely N-dealkylation sites (N-methyl/N-ethyl adjacent to an activating group) is 1. The predicted molar refractivity (Wildman–Crippen MR) is 116 cm³/mol. The molecule has 1 aromatic rings. The molecule has 2 heterocycles. The van der Waals surface area contributed by atoms with E-state index in [1.54, 1.807) is 34.0 Å². The van der Waals surface area contributed by atoms with E-state index in [4.69, 9.17) is 4.74 Å². The summed E-state index contributed by atoms with van der Waals surface area (Å²) in [5, 5.41) is 6.19. The molecular weight excluding hydrogens is 398 g/mol. The summed E-state index contributed by atoms with van der Waals surface area (Å²) in [6.45, 7) is 3.83. The van der Waals surface area contributed by atoms with Gasteiger partial charge in [-0.05, 0) is 18.4 Å². The molecule has 4 amide bonds. The van der Waals surface area contributed by atoms with Crippen molar-refractivity contribution in [3.8, 4) is 0 Å². The maximum atomic E-state index is 13.2. The van der Waals surface area contributed by atoms with Crippen molar-refractivity contribution in [2.45, 2.75) is 44.9 Å². The van der Waals surface area contributed by atoms with Crippen molar-refractivity contribution >= 4 is 17.8 Å². The van der Waals surface area contributed by atoms with Gasteiger partial charge in [0.2, 0.25) is 11.8 Å². The average Bonchev–Trinajstić information content (AvgIpc) is 2.75. The minimum Gasteiger partial charge on any atom is -0.385 e. The number of benzene rings is 1. The third-order valence-electron chi connectivity index (χ3n) is 5.77. The molecule has 2 saturated heterocycles. The number of urea groups is 1. The van der Waals surface area contributed by atoms with Crippen LogP contribution in [0, 0.1) is 0 Å². The van der Waals surface area contributed by atoms with Gasteiger partial charge in [0.15, 0.2) is 0 Å². The van der Waals surface area contributed by atoms with Crippen molar-refractivity contribution in [1.29, 1.82) is 0 Å². The number of carbonyl (C=O) groups excluding carboxylic acids is 3. The Kier molecular flexibility index (Phi) is 7.86. The summed E-state index contributed by atoms with van der Waals surface area (Å²) in [5.74, 6) is -0.167. The van der Waals surface area contributed by atoms with Gasteiger partial charge in [0.1, 0.15) is 12.2 Å². The van der Waals surface area contributed by atoms with E-state index in [1.165, 1.54) is 0 Å². The summed E-state index contributed by atoms with van der Waals surface area (Å²) < 4.78 is 5.13. The van der Waals surface area contributed by atoms with Crippen molar-refractivity contribution in [2.75, 3.05) is 40.4 Å². The number of hydrogen-bond donors (Lipinski definition) is 1. The Labute approximate surface area is 183 Å². The lowest BCUT2D eigenvalue weighted by Crippen LogP contribution is -2.75. The number of amides is 4. The standard InChI is InChI=1S/C22H33N5O4/c1-4-9-18-21(29)25(12-8-13-31-3)15-19-26(18)20(28)16-24(2)27(19)22(30)23-14-17-10-6-5-7-11-17/h5-7,10-11,18-19H,4,8-9,12-16H2,1-3H3,(H,23,30)/t18?,19-/m0/s1. The van der Waals surface area contributed by atoms with E-state index in [2.05, 4.69) is 5.32 Å². The highest BCUT2D eigenvalue weighted by atomic mass is 16.5. The van der Waals surface area contributed by atoms with Crippen molar-refractivity contribution in [3.63, 3.8) is 0 Å². The molecule has 170 valence electrons. The molecule has 2 fully saturated rings. The number of ether oxygens (including phenoxy) is 1. The number of methoxy groups -OCH3 is 1. The molecule has 1 aromatic carbocycles. The minimum atomic E-state index is -0.545. The number of rotatable bonds is 8. The number of carbonyl (C=O) groups is 3. The van der Waals surface area contributed by atoms with E-state index >= 15 is 0 Å². The van der Waals surface area contributed by atoms with Gasteiger partial charge in [0.25, 0.3) is 0 Å². The van der Waals surface area contributed by atoms with Gasteiger partial charge in [-0.2, -0.15) is 0 Å². The van der Waals surface area contributed by atoms with E-state index in [9.17, 15) is 14.4 Å². The molecule has 0 aromatic heterocycles. The zero-order valence-corrected chi connectivity index (χ0v) is 18.6. The summed E-state index contributed by atoms with van der Waals surface area (Å²) >= 11 is 0. The molecule has 0 radical (unpaired) electrons. The van der Waals surface area contributed by atoms with E-state index < -0.39 is 12.2 Å². The highest BCUT2D eigenvalue weighted by Gasteiger charge is 2.50. The van der Waals surface area contributed by atoms with Crippen LogP contribution in [-0.4, -0.2) is 90.3 Å². The monoisotopic (exact) mass is 431 g/mol. The summed E-state index contributed by atoms with van der Waals surface area (Å²) in [7, 11) is 3.37. The Morgan fingerprint density at radius 1 is 1.23 bits per heavy atom. The molecule has 0 saturated carbocycles. The Balaban J connectivity index is 1.81. The maximum Gasteiger partial charge on any atom is 0.334 e. The zero-order chi connectivity index (χ0) is 22.4. The number of nitrogens with zero attached hydrogens (tertiary/aromatic N) is 4. The lowest BCUT2D eigenvalue weighted by molar-refractivity contribution is -0.187. The second kappa shape index (κ2) is 10.6. The Morgan fingerprint density at radius 2 is 1.97 bits per heavy atom. The first-order valence-electron chi connectivity index (χ1n) is 10.9. The average molecular weight is 432 g/mol. The van der Waals surface area contributed by atoms with Crippen LogP contribution in [0.4, 0.5) is 4.79 Å². The highest BCUT2D eigenvalue weighted by molar-refractivity contribution is 5.91. The molecule has 9 nitrogen and oxygen atoms in total. The summed E-state index contributed by atoms with van der Waals surface area (Å²) in [6, 6.07) is 8.85. The van der Waals surface area contributed by atoms with Gasteiger partial charge in [0, 0.05) is 33.9 Å². The van der Waals surface area contributed by atoms with E-state index in [-0.39, 0.29) is 30.9 Å². The van der Waals surface area contributed by atoms with E-state index in [0.717, 1.165) is 12.0 Å². The SMILES string of the molecule is CCCC1C(=O)N(CCCOC)C[C@H]2N1C(=O)CN(C)N2C(=O)NCc1ccccc1. The van der Waals surface area contributed by atoms with E-state index in [0.29, 0.717) is 32.5 Å². The molecule has 2 atom stereocenters. The summed E-state index contributed by atoms with van der Waals surface area (Å²) in [6.07, 6.45) is 1.52. The van der Waals surface area contributed by atoms with Gasteiger partial charge in [-0.1, -0.05) is 43.7 Å². The van der Waals surface area contributed by atoms with Crippen molar-refractivity contribution < 1.29 is 19.1 Å². The first-order chi connectivity index (χ1) is 15.0.